The fourth-order valence-corrected chi connectivity index (χ4v) is 2.61. The number of aromatic nitrogens is 4. The van der Waals surface area contributed by atoms with Gasteiger partial charge in [0.15, 0.2) is 5.82 Å². The van der Waals surface area contributed by atoms with Crippen LogP contribution in [0.2, 0.25) is 0 Å². The van der Waals surface area contributed by atoms with Crippen LogP contribution >= 0.6 is 0 Å². The van der Waals surface area contributed by atoms with Gasteiger partial charge in [0.05, 0.1) is 0 Å². The first-order valence-corrected chi connectivity index (χ1v) is 8.30. The summed E-state index contributed by atoms with van der Waals surface area (Å²) in [4.78, 5) is 23.2. The number of nitrogens with zero attached hydrogens (tertiary/aromatic N) is 5. The summed E-state index contributed by atoms with van der Waals surface area (Å²) in [5.74, 6) is 1.85. The number of amides is 1. The topological polar surface area (TPSA) is 77.0 Å². The first-order chi connectivity index (χ1) is 12.1. The summed E-state index contributed by atoms with van der Waals surface area (Å²) in [6.07, 6.45) is 4.32. The number of aryl methyl sites for hydroxylation is 2. The Morgan fingerprint density at radius 1 is 1.32 bits per heavy atom. The Morgan fingerprint density at radius 3 is 2.80 bits per heavy atom. The van der Waals surface area contributed by atoms with Crippen LogP contribution in [0.25, 0.3) is 11.4 Å². The molecule has 0 atom stereocenters. The Morgan fingerprint density at radius 2 is 2.16 bits per heavy atom. The number of benzene rings is 1. The highest BCUT2D eigenvalue weighted by molar-refractivity contribution is 5.95. The van der Waals surface area contributed by atoms with Gasteiger partial charge in [-0.1, -0.05) is 24.2 Å². The van der Waals surface area contributed by atoms with E-state index in [1.54, 1.807) is 11.1 Å². The van der Waals surface area contributed by atoms with Crippen LogP contribution in [-0.2, 0) is 20.0 Å². The molecule has 0 saturated carbocycles. The summed E-state index contributed by atoms with van der Waals surface area (Å²) in [6, 6.07) is 7.48. The van der Waals surface area contributed by atoms with Gasteiger partial charge in [0, 0.05) is 43.5 Å². The highest BCUT2D eigenvalue weighted by atomic mass is 16.5. The van der Waals surface area contributed by atoms with Crippen LogP contribution in [-0.4, -0.2) is 37.0 Å². The van der Waals surface area contributed by atoms with E-state index >= 15 is 0 Å². The number of hydrogen-bond acceptors (Lipinski definition) is 5. The molecule has 1 aromatic carbocycles. The van der Waals surface area contributed by atoms with Gasteiger partial charge < -0.3 is 14.0 Å². The molecule has 3 aromatic rings. The molecule has 0 aliphatic heterocycles. The molecule has 2 aromatic heterocycles. The van der Waals surface area contributed by atoms with Crippen molar-refractivity contribution in [3.63, 3.8) is 0 Å². The van der Waals surface area contributed by atoms with Crippen LogP contribution in [0.5, 0.6) is 0 Å². The Hall–Kier alpha value is -2.96. The zero-order valence-corrected chi connectivity index (χ0v) is 14.6. The summed E-state index contributed by atoms with van der Waals surface area (Å²) < 4.78 is 7.13. The molecule has 0 fully saturated rings. The van der Waals surface area contributed by atoms with Crippen molar-refractivity contribution in [3.8, 4) is 11.4 Å². The van der Waals surface area contributed by atoms with Crippen molar-refractivity contribution >= 4 is 5.91 Å². The molecule has 1 amide bonds. The summed E-state index contributed by atoms with van der Waals surface area (Å²) in [5.41, 5.74) is 1.51. The van der Waals surface area contributed by atoms with Crippen molar-refractivity contribution < 1.29 is 9.32 Å². The van der Waals surface area contributed by atoms with Gasteiger partial charge in [-0.15, -0.1) is 0 Å². The SMILES string of the molecule is CCc1noc(CN(CC)C(=O)c2cccc(-c3nccn3C)c2)n1. The number of carbonyl (C=O) groups is 1. The van der Waals surface area contributed by atoms with Crippen LogP contribution in [0.1, 0.15) is 35.9 Å². The molecule has 0 bridgehead atoms. The standard InChI is InChI=1S/C18H21N5O2/c1-4-15-20-16(25-21-15)12-23(5-2)18(24)14-8-6-7-13(11-14)17-19-9-10-22(17)3/h6-11H,4-5,12H2,1-3H3. The molecule has 0 saturated heterocycles. The maximum atomic E-state index is 12.9. The Bertz CT molecular complexity index is 868. The lowest BCUT2D eigenvalue weighted by atomic mass is 10.1. The van der Waals surface area contributed by atoms with Gasteiger partial charge in [-0.05, 0) is 19.1 Å². The first kappa shape index (κ1) is 16.9. The number of rotatable bonds is 6. The van der Waals surface area contributed by atoms with Gasteiger partial charge in [0.1, 0.15) is 12.4 Å². The van der Waals surface area contributed by atoms with E-state index in [4.69, 9.17) is 4.52 Å². The molecular formula is C18H21N5O2. The minimum absolute atomic E-state index is 0.0743. The largest absolute Gasteiger partial charge is 0.337 e. The van der Waals surface area contributed by atoms with E-state index in [0.717, 1.165) is 11.4 Å². The second-order valence-electron chi connectivity index (χ2n) is 5.72. The van der Waals surface area contributed by atoms with E-state index in [9.17, 15) is 4.79 Å². The third-order valence-electron chi connectivity index (χ3n) is 4.01. The Labute approximate surface area is 146 Å². The minimum Gasteiger partial charge on any atom is -0.337 e. The minimum atomic E-state index is -0.0743. The van der Waals surface area contributed by atoms with Crippen molar-refractivity contribution in [1.82, 2.24) is 24.6 Å². The molecule has 7 heteroatoms. The van der Waals surface area contributed by atoms with E-state index in [2.05, 4.69) is 15.1 Å². The van der Waals surface area contributed by atoms with Crippen molar-refractivity contribution in [2.75, 3.05) is 6.54 Å². The maximum Gasteiger partial charge on any atom is 0.254 e. The molecule has 0 unspecified atom stereocenters. The van der Waals surface area contributed by atoms with Crippen molar-refractivity contribution in [1.29, 1.82) is 0 Å². The molecule has 0 N–H and O–H groups in total. The van der Waals surface area contributed by atoms with Gasteiger partial charge in [0.2, 0.25) is 5.89 Å². The van der Waals surface area contributed by atoms with Crippen LogP contribution in [0.15, 0.2) is 41.2 Å². The third kappa shape index (κ3) is 3.60. The van der Waals surface area contributed by atoms with E-state index in [0.29, 0.717) is 36.8 Å². The van der Waals surface area contributed by atoms with E-state index in [1.807, 2.05) is 55.9 Å². The van der Waals surface area contributed by atoms with Crippen LogP contribution in [0.3, 0.4) is 0 Å². The average Bonchev–Trinajstić information content (AvgIpc) is 3.27. The predicted octanol–water partition coefficient (Wildman–Crippen LogP) is 2.69. The van der Waals surface area contributed by atoms with Gasteiger partial charge in [0.25, 0.3) is 5.91 Å². The summed E-state index contributed by atoms with van der Waals surface area (Å²) in [5, 5.41) is 3.88. The monoisotopic (exact) mass is 339 g/mol. The lowest BCUT2D eigenvalue weighted by Gasteiger charge is -2.19. The van der Waals surface area contributed by atoms with E-state index in [1.165, 1.54) is 0 Å². The lowest BCUT2D eigenvalue weighted by molar-refractivity contribution is 0.0734. The van der Waals surface area contributed by atoms with Gasteiger partial charge >= 0.3 is 0 Å². The van der Waals surface area contributed by atoms with Crippen molar-refractivity contribution in [2.45, 2.75) is 26.8 Å². The summed E-state index contributed by atoms with van der Waals surface area (Å²) in [7, 11) is 1.93. The van der Waals surface area contributed by atoms with Gasteiger partial charge in [-0.3, -0.25) is 4.79 Å². The van der Waals surface area contributed by atoms with Crippen LogP contribution in [0.4, 0.5) is 0 Å². The molecule has 7 nitrogen and oxygen atoms in total. The molecule has 0 spiro atoms. The molecule has 0 aliphatic carbocycles. The second kappa shape index (κ2) is 7.29. The average molecular weight is 339 g/mol. The number of carbonyl (C=O) groups excluding carboxylic acids is 1. The molecule has 2 heterocycles. The molecule has 25 heavy (non-hydrogen) atoms. The van der Waals surface area contributed by atoms with Gasteiger partial charge in [-0.25, -0.2) is 4.98 Å². The second-order valence-corrected chi connectivity index (χ2v) is 5.72. The zero-order valence-electron chi connectivity index (χ0n) is 14.6. The van der Waals surface area contributed by atoms with E-state index in [-0.39, 0.29) is 5.91 Å². The number of imidazole rings is 1. The maximum absolute atomic E-state index is 12.9. The highest BCUT2D eigenvalue weighted by Crippen LogP contribution is 2.19. The number of hydrogen-bond donors (Lipinski definition) is 0. The molecule has 0 aliphatic rings. The summed E-state index contributed by atoms with van der Waals surface area (Å²) in [6.45, 7) is 4.74. The summed E-state index contributed by atoms with van der Waals surface area (Å²) >= 11 is 0. The molecule has 0 radical (unpaired) electrons. The third-order valence-corrected chi connectivity index (χ3v) is 4.01. The van der Waals surface area contributed by atoms with Crippen molar-refractivity contribution in [2.24, 2.45) is 7.05 Å². The fraction of sp³-hybridized carbons (Fsp3) is 0.333. The zero-order chi connectivity index (χ0) is 17.8. The molecule has 130 valence electrons. The highest BCUT2D eigenvalue weighted by Gasteiger charge is 2.18. The lowest BCUT2D eigenvalue weighted by Crippen LogP contribution is -2.30. The quantitative estimate of drug-likeness (QED) is 0.690. The van der Waals surface area contributed by atoms with Crippen LogP contribution in [0, 0.1) is 0 Å². The smallest absolute Gasteiger partial charge is 0.254 e. The normalized spacial score (nSPS) is 10.8. The van der Waals surface area contributed by atoms with Crippen molar-refractivity contribution in [3.05, 3.63) is 53.9 Å². The fourth-order valence-electron chi connectivity index (χ4n) is 2.61. The van der Waals surface area contributed by atoms with Crippen LogP contribution < -0.4 is 0 Å². The Kier molecular flexibility index (Phi) is 4.92. The predicted molar refractivity (Wildman–Crippen MR) is 92.7 cm³/mol. The first-order valence-electron chi connectivity index (χ1n) is 8.30. The molecular weight excluding hydrogens is 318 g/mol. The van der Waals surface area contributed by atoms with E-state index < -0.39 is 0 Å². The Balaban J connectivity index is 1.82. The van der Waals surface area contributed by atoms with Gasteiger partial charge in [-0.2, -0.15) is 4.98 Å². The molecule has 3 rings (SSSR count).